The Morgan fingerprint density at radius 1 is 1.17 bits per heavy atom. The normalized spacial score (nSPS) is 20.8. The van der Waals surface area contributed by atoms with Gasteiger partial charge in [-0.05, 0) is 63.8 Å². The Bertz CT molecular complexity index is 1170. The van der Waals surface area contributed by atoms with Crippen molar-refractivity contribution in [3.05, 3.63) is 58.7 Å². The third-order valence-corrected chi connectivity index (χ3v) is 6.44. The molecule has 2 aliphatic heterocycles. The number of fused-ring (bicyclic) bond motifs is 1. The number of aliphatic hydroxyl groups is 1. The number of benzene rings is 2. The molecule has 0 spiro atoms. The molecule has 1 amide bonds. The standard InChI is InChI=1S/C27H32N2O6/c1-16-14-18-15-17(10-11-20(18)35-16)24(30)22-23(19-8-6-9-21(33-4)26(19)34-5)29(27(32)25(22)31)13-7-12-28(2)3/h6,8-11,15-16,23,30H,7,12-14H2,1-5H3/b24-22+. The van der Waals surface area contributed by atoms with Crippen LogP contribution in [0.1, 0.15) is 36.1 Å². The fourth-order valence-electron chi connectivity index (χ4n) is 4.84. The van der Waals surface area contributed by atoms with Crippen LogP contribution in [0.15, 0.2) is 42.0 Å². The molecule has 2 aromatic carbocycles. The first kappa shape index (κ1) is 24.6. The minimum absolute atomic E-state index is 0.0401. The molecular weight excluding hydrogens is 448 g/mol. The minimum atomic E-state index is -0.814. The number of methoxy groups -OCH3 is 2. The lowest BCUT2D eigenvalue weighted by Crippen LogP contribution is -2.32. The molecule has 1 saturated heterocycles. The molecular formula is C27H32N2O6. The molecule has 1 N–H and O–H groups in total. The van der Waals surface area contributed by atoms with Gasteiger partial charge in [-0.2, -0.15) is 0 Å². The van der Waals surface area contributed by atoms with E-state index in [0.29, 0.717) is 42.0 Å². The Kier molecular flexibility index (Phi) is 7.03. The molecule has 2 heterocycles. The van der Waals surface area contributed by atoms with Crippen molar-refractivity contribution in [1.82, 2.24) is 9.80 Å². The quantitative estimate of drug-likeness (QED) is 0.352. The largest absolute Gasteiger partial charge is 0.507 e. The lowest BCUT2D eigenvalue weighted by molar-refractivity contribution is -0.140. The van der Waals surface area contributed by atoms with Gasteiger partial charge in [0.15, 0.2) is 11.5 Å². The van der Waals surface area contributed by atoms with Crippen LogP contribution in [-0.4, -0.2) is 74.1 Å². The lowest BCUT2D eigenvalue weighted by Gasteiger charge is -2.27. The summed E-state index contributed by atoms with van der Waals surface area (Å²) in [5.41, 5.74) is 2.05. The minimum Gasteiger partial charge on any atom is -0.507 e. The molecule has 0 aliphatic carbocycles. The van der Waals surface area contributed by atoms with E-state index >= 15 is 0 Å². The highest BCUT2D eigenvalue weighted by Crippen LogP contribution is 2.46. The highest BCUT2D eigenvalue weighted by molar-refractivity contribution is 6.46. The van der Waals surface area contributed by atoms with E-state index in [9.17, 15) is 14.7 Å². The number of hydrogen-bond donors (Lipinski definition) is 1. The zero-order valence-corrected chi connectivity index (χ0v) is 20.8. The number of aliphatic hydroxyl groups excluding tert-OH is 1. The number of likely N-dealkylation sites (tertiary alicyclic amines) is 1. The van der Waals surface area contributed by atoms with Crippen molar-refractivity contribution in [2.45, 2.75) is 31.9 Å². The number of ether oxygens (including phenoxy) is 3. The number of carbonyl (C=O) groups is 2. The topological polar surface area (TPSA) is 88.5 Å². The van der Waals surface area contributed by atoms with Crippen LogP contribution in [0.2, 0.25) is 0 Å². The van der Waals surface area contributed by atoms with Crippen molar-refractivity contribution in [2.24, 2.45) is 0 Å². The maximum absolute atomic E-state index is 13.3. The molecule has 8 nitrogen and oxygen atoms in total. The van der Waals surface area contributed by atoms with Crippen LogP contribution in [0.3, 0.4) is 0 Å². The summed E-state index contributed by atoms with van der Waals surface area (Å²) in [7, 11) is 6.95. The average molecular weight is 481 g/mol. The summed E-state index contributed by atoms with van der Waals surface area (Å²) in [6, 6.07) is 9.85. The van der Waals surface area contributed by atoms with Crippen molar-refractivity contribution < 1.29 is 28.9 Å². The van der Waals surface area contributed by atoms with Gasteiger partial charge in [-0.3, -0.25) is 9.59 Å². The number of amides is 1. The second-order valence-corrected chi connectivity index (χ2v) is 9.19. The number of ketones is 1. The maximum atomic E-state index is 13.3. The highest BCUT2D eigenvalue weighted by atomic mass is 16.5. The zero-order chi connectivity index (χ0) is 25.3. The molecule has 2 aromatic rings. The van der Waals surface area contributed by atoms with E-state index in [2.05, 4.69) is 0 Å². The summed E-state index contributed by atoms with van der Waals surface area (Å²) in [5, 5.41) is 11.4. The first-order chi connectivity index (χ1) is 16.8. The molecule has 35 heavy (non-hydrogen) atoms. The fourth-order valence-corrected chi connectivity index (χ4v) is 4.84. The molecule has 186 valence electrons. The van der Waals surface area contributed by atoms with E-state index < -0.39 is 17.7 Å². The number of para-hydroxylation sites is 1. The SMILES string of the molecule is COc1cccc(C2/C(=C(\O)c3ccc4c(c3)CC(C)O4)C(=O)C(=O)N2CCCN(C)C)c1OC. The molecule has 8 heteroatoms. The molecule has 0 saturated carbocycles. The smallest absolute Gasteiger partial charge is 0.295 e. The molecule has 0 radical (unpaired) electrons. The van der Waals surface area contributed by atoms with Gasteiger partial charge in [0, 0.05) is 24.1 Å². The van der Waals surface area contributed by atoms with Gasteiger partial charge in [0.25, 0.3) is 11.7 Å². The zero-order valence-electron chi connectivity index (χ0n) is 20.8. The number of hydrogen-bond acceptors (Lipinski definition) is 7. The number of nitrogens with zero attached hydrogens (tertiary/aromatic N) is 2. The molecule has 0 aromatic heterocycles. The van der Waals surface area contributed by atoms with E-state index in [0.717, 1.165) is 17.9 Å². The predicted octanol–water partition coefficient (Wildman–Crippen LogP) is 3.40. The second-order valence-electron chi connectivity index (χ2n) is 9.19. The van der Waals surface area contributed by atoms with Crippen molar-refractivity contribution in [1.29, 1.82) is 0 Å². The second kappa shape index (κ2) is 10.00. The lowest BCUT2D eigenvalue weighted by atomic mass is 9.93. The molecule has 4 rings (SSSR count). The third kappa shape index (κ3) is 4.58. The molecule has 2 atom stereocenters. The summed E-state index contributed by atoms with van der Waals surface area (Å²) < 4.78 is 16.9. The molecule has 0 bridgehead atoms. The van der Waals surface area contributed by atoms with Gasteiger partial charge in [0.05, 0.1) is 25.8 Å². The van der Waals surface area contributed by atoms with Gasteiger partial charge in [-0.1, -0.05) is 12.1 Å². The Morgan fingerprint density at radius 3 is 2.63 bits per heavy atom. The third-order valence-electron chi connectivity index (χ3n) is 6.44. The predicted molar refractivity (Wildman–Crippen MR) is 132 cm³/mol. The Hall–Kier alpha value is -3.52. The van der Waals surface area contributed by atoms with Crippen LogP contribution in [0.5, 0.6) is 17.2 Å². The van der Waals surface area contributed by atoms with E-state index in [1.165, 1.54) is 19.1 Å². The van der Waals surface area contributed by atoms with Crippen LogP contribution < -0.4 is 14.2 Å². The Balaban J connectivity index is 1.85. The Morgan fingerprint density at radius 2 is 1.94 bits per heavy atom. The van der Waals surface area contributed by atoms with Crippen LogP contribution in [0, 0.1) is 0 Å². The van der Waals surface area contributed by atoms with E-state index in [4.69, 9.17) is 14.2 Å². The van der Waals surface area contributed by atoms with Gasteiger partial charge in [-0.15, -0.1) is 0 Å². The number of carbonyl (C=O) groups excluding carboxylic acids is 2. The van der Waals surface area contributed by atoms with Crippen molar-refractivity contribution in [3.63, 3.8) is 0 Å². The number of Topliss-reactive ketones (excluding diaryl/α,β-unsaturated/α-hetero) is 1. The number of rotatable bonds is 8. The average Bonchev–Trinajstić information content (AvgIpc) is 3.33. The molecule has 2 unspecified atom stereocenters. The fraction of sp³-hybridized carbons (Fsp3) is 0.407. The summed E-state index contributed by atoms with van der Waals surface area (Å²) in [4.78, 5) is 30.1. The van der Waals surface area contributed by atoms with Crippen LogP contribution >= 0.6 is 0 Å². The summed E-state index contributed by atoms with van der Waals surface area (Å²) in [6.07, 6.45) is 1.42. The molecule has 2 aliphatic rings. The van der Waals surface area contributed by atoms with Crippen molar-refractivity contribution in [3.8, 4) is 17.2 Å². The van der Waals surface area contributed by atoms with Crippen LogP contribution in [0.4, 0.5) is 0 Å². The van der Waals surface area contributed by atoms with Gasteiger partial charge >= 0.3 is 0 Å². The van der Waals surface area contributed by atoms with Crippen molar-refractivity contribution in [2.75, 3.05) is 41.4 Å². The van der Waals surface area contributed by atoms with Gasteiger partial charge in [-0.25, -0.2) is 0 Å². The van der Waals surface area contributed by atoms with E-state index in [1.54, 1.807) is 30.3 Å². The van der Waals surface area contributed by atoms with Crippen molar-refractivity contribution >= 4 is 17.4 Å². The van der Waals surface area contributed by atoms with Crippen LogP contribution in [0.25, 0.3) is 5.76 Å². The summed E-state index contributed by atoms with van der Waals surface area (Å²) in [5.74, 6) is 0.0969. The first-order valence-electron chi connectivity index (χ1n) is 11.7. The van der Waals surface area contributed by atoms with Gasteiger partial charge in [0.1, 0.15) is 17.6 Å². The van der Waals surface area contributed by atoms with Crippen LogP contribution in [-0.2, 0) is 16.0 Å². The van der Waals surface area contributed by atoms with Gasteiger partial charge in [0.2, 0.25) is 0 Å². The van der Waals surface area contributed by atoms with E-state index in [1.807, 2.05) is 32.0 Å². The molecule has 1 fully saturated rings. The maximum Gasteiger partial charge on any atom is 0.295 e. The Labute approximate surface area is 205 Å². The van der Waals surface area contributed by atoms with Gasteiger partial charge < -0.3 is 29.1 Å². The summed E-state index contributed by atoms with van der Waals surface area (Å²) >= 11 is 0. The first-order valence-corrected chi connectivity index (χ1v) is 11.7. The summed E-state index contributed by atoms with van der Waals surface area (Å²) in [6.45, 7) is 3.07. The highest BCUT2D eigenvalue weighted by Gasteiger charge is 2.47. The monoisotopic (exact) mass is 480 g/mol. The van der Waals surface area contributed by atoms with E-state index in [-0.39, 0.29) is 17.4 Å².